The molecule has 3 aliphatic rings. The third-order valence-corrected chi connectivity index (χ3v) is 6.51. The number of nitrogens with one attached hydrogen (secondary N) is 2. The molecule has 0 bridgehead atoms. The maximum atomic E-state index is 13.2. The lowest BCUT2D eigenvalue weighted by atomic mass is 9.88. The molecule has 2 aliphatic heterocycles. The number of halogens is 3. The highest BCUT2D eigenvalue weighted by molar-refractivity contribution is 6.07. The number of aliphatic imine (C=N–C) groups is 1. The van der Waals surface area contributed by atoms with Gasteiger partial charge < -0.3 is 21.3 Å². The van der Waals surface area contributed by atoms with E-state index in [1.807, 2.05) is 0 Å². The number of rotatable bonds is 4. The van der Waals surface area contributed by atoms with Gasteiger partial charge in [0.15, 0.2) is 0 Å². The molecule has 2 unspecified atom stereocenters. The average molecular weight is 479 g/mol. The van der Waals surface area contributed by atoms with Crippen LogP contribution < -0.4 is 16.4 Å². The summed E-state index contributed by atoms with van der Waals surface area (Å²) in [4.78, 5) is 53.0. The fraction of sp³-hybridized carbons (Fsp3) is 0.500. The Hall–Kier alpha value is -3.44. The molecule has 1 aromatic rings. The highest BCUT2D eigenvalue weighted by Gasteiger charge is 2.41. The van der Waals surface area contributed by atoms with E-state index in [1.165, 1.54) is 12.1 Å². The summed E-state index contributed by atoms with van der Waals surface area (Å²) in [7, 11) is 0. The second kappa shape index (κ2) is 9.07. The van der Waals surface area contributed by atoms with E-state index in [-0.39, 0.29) is 53.9 Å². The van der Waals surface area contributed by atoms with Gasteiger partial charge in [0.05, 0.1) is 12.0 Å². The molecular formula is C22H24F3N5O4. The van der Waals surface area contributed by atoms with E-state index < -0.39 is 23.8 Å². The second-order valence-corrected chi connectivity index (χ2v) is 8.78. The van der Waals surface area contributed by atoms with Crippen molar-refractivity contribution in [2.75, 3.05) is 6.54 Å². The summed E-state index contributed by atoms with van der Waals surface area (Å²) in [6, 6.07) is 3.80. The van der Waals surface area contributed by atoms with Crippen molar-refractivity contribution in [2.45, 2.75) is 56.9 Å². The van der Waals surface area contributed by atoms with Gasteiger partial charge in [0, 0.05) is 36.7 Å². The normalized spacial score (nSPS) is 25.2. The van der Waals surface area contributed by atoms with Crippen LogP contribution in [0.25, 0.3) is 0 Å². The van der Waals surface area contributed by atoms with E-state index in [1.54, 1.807) is 11.0 Å². The van der Waals surface area contributed by atoms with Gasteiger partial charge in [-0.15, -0.1) is 0 Å². The Balaban J connectivity index is 1.50. The summed E-state index contributed by atoms with van der Waals surface area (Å²) in [6.07, 6.45) is -1.86. The number of alkyl halides is 3. The first-order valence-corrected chi connectivity index (χ1v) is 11.0. The largest absolute Gasteiger partial charge is 0.473 e. The van der Waals surface area contributed by atoms with Crippen molar-refractivity contribution in [3.05, 3.63) is 34.9 Å². The zero-order chi connectivity index (χ0) is 24.6. The van der Waals surface area contributed by atoms with Gasteiger partial charge in [0.25, 0.3) is 5.91 Å². The topological polar surface area (TPSA) is 134 Å². The van der Waals surface area contributed by atoms with E-state index in [0.29, 0.717) is 24.9 Å². The molecule has 1 saturated heterocycles. The minimum atomic E-state index is -5.14. The molecule has 3 atom stereocenters. The van der Waals surface area contributed by atoms with E-state index >= 15 is 0 Å². The molecule has 2 fully saturated rings. The monoisotopic (exact) mass is 479 g/mol. The van der Waals surface area contributed by atoms with Gasteiger partial charge in [0.1, 0.15) is 5.84 Å². The number of amides is 4. The fourth-order valence-corrected chi connectivity index (χ4v) is 4.73. The van der Waals surface area contributed by atoms with E-state index in [9.17, 15) is 32.3 Å². The molecule has 4 N–H and O–H groups in total. The van der Waals surface area contributed by atoms with Crippen LogP contribution in [-0.2, 0) is 20.9 Å². The van der Waals surface area contributed by atoms with Crippen molar-refractivity contribution < 1.29 is 32.3 Å². The minimum Gasteiger partial charge on any atom is -0.383 e. The van der Waals surface area contributed by atoms with E-state index in [2.05, 4.69) is 15.6 Å². The van der Waals surface area contributed by atoms with Crippen molar-refractivity contribution in [1.82, 2.24) is 15.5 Å². The molecule has 9 nitrogen and oxygen atoms in total. The SMILES string of the molecule is NC(=NC(=O)C(F)(F)F)c1ccc2c(c1)C(=O)N(C1CCCCC1NC(=O)[C@@H]1CNC(=O)C1)C2. The summed E-state index contributed by atoms with van der Waals surface area (Å²) in [5.74, 6) is -4.10. The zero-order valence-corrected chi connectivity index (χ0v) is 18.2. The van der Waals surface area contributed by atoms with Gasteiger partial charge in [-0.1, -0.05) is 25.0 Å². The lowest BCUT2D eigenvalue weighted by Gasteiger charge is -2.38. The Morgan fingerprint density at radius 2 is 1.91 bits per heavy atom. The standard InChI is InChI=1S/C22H24F3N5O4/c23-22(24,25)21(34)29-18(26)11-5-6-12-10-30(20(33)14(12)7-11)16-4-2-1-3-15(16)28-19(32)13-8-17(31)27-9-13/h5-7,13,15-16H,1-4,8-10H2,(H,27,31)(H,28,32)(H2,26,29,34)/t13-,15?,16?/m0/s1. The van der Waals surface area contributed by atoms with Crippen molar-refractivity contribution in [3.63, 3.8) is 0 Å². The first-order valence-electron chi connectivity index (χ1n) is 11.0. The first-order chi connectivity index (χ1) is 16.0. The van der Waals surface area contributed by atoms with Crippen molar-refractivity contribution in [3.8, 4) is 0 Å². The Morgan fingerprint density at radius 1 is 1.18 bits per heavy atom. The molecule has 12 heteroatoms. The average Bonchev–Trinajstić information content (AvgIpc) is 3.36. The summed E-state index contributed by atoms with van der Waals surface area (Å²) >= 11 is 0. The number of nitrogens with zero attached hydrogens (tertiary/aromatic N) is 2. The lowest BCUT2D eigenvalue weighted by Crippen LogP contribution is -2.54. The maximum absolute atomic E-state index is 13.2. The maximum Gasteiger partial charge on any atom is 0.473 e. The van der Waals surface area contributed by atoms with Gasteiger partial charge in [0.2, 0.25) is 11.8 Å². The number of carbonyl (C=O) groups is 4. The molecule has 4 rings (SSSR count). The van der Waals surface area contributed by atoms with Gasteiger partial charge in [-0.3, -0.25) is 19.2 Å². The van der Waals surface area contributed by atoms with Crippen LogP contribution in [0.4, 0.5) is 13.2 Å². The third-order valence-electron chi connectivity index (χ3n) is 6.51. The number of nitrogens with two attached hydrogens (primary N) is 1. The Kier molecular flexibility index (Phi) is 6.32. The number of benzene rings is 1. The molecule has 1 aromatic carbocycles. The summed E-state index contributed by atoms with van der Waals surface area (Å²) in [5, 5.41) is 5.65. The summed E-state index contributed by atoms with van der Waals surface area (Å²) in [5.41, 5.74) is 6.57. The van der Waals surface area contributed by atoms with Crippen molar-refractivity contribution in [1.29, 1.82) is 0 Å². The summed E-state index contributed by atoms with van der Waals surface area (Å²) in [6.45, 7) is 0.576. The van der Waals surface area contributed by atoms with Crippen LogP contribution in [0.3, 0.4) is 0 Å². The molecule has 0 radical (unpaired) electrons. The highest BCUT2D eigenvalue weighted by atomic mass is 19.4. The second-order valence-electron chi connectivity index (χ2n) is 8.78. The van der Waals surface area contributed by atoms with Crippen LogP contribution in [0.1, 0.15) is 53.6 Å². The van der Waals surface area contributed by atoms with Crippen molar-refractivity contribution in [2.24, 2.45) is 16.6 Å². The molecule has 34 heavy (non-hydrogen) atoms. The van der Waals surface area contributed by atoms with Crippen LogP contribution in [0.15, 0.2) is 23.2 Å². The van der Waals surface area contributed by atoms with E-state index in [0.717, 1.165) is 12.8 Å². The third kappa shape index (κ3) is 4.75. The lowest BCUT2D eigenvalue weighted by molar-refractivity contribution is -0.169. The zero-order valence-electron chi connectivity index (χ0n) is 18.2. The van der Waals surface area contributed by atoms with Gasteiger partial charge in [-0.25, -0.2) is 0 Å². The van der Waals surface area contributed by atoms with Crippen LogP contribution in [0.5, 0.6) is 0 Å². The summed E-state index contributed by atoms with van der Waals surface area (Å²) < 4.78 is 37.5. The molecule has 4 amide bonds. The first kappa shape index (κ1) is 23.7. The Labute approximate surface area is 192 Å². The minimum absolute atomic E-state index is 0.0402. The molecule has 0 spiro atoms. The predicted molar refractivity (Wildman–Crippen MR) is 113 cm³/mol. The Bertz CT molecular complexity index is 1070. The van der Waals surface area contributed by atoms with Gasteiger partial charge >= 0.3 is 12.1 Å². The van der Waals surface area contributed by atoms with Crippen LogP contribution in [0.2, 0.25) is 0 Å². The molecule has 182 valence electrons. The molecule has 1 aliphatic carbocycles. The predicted octanol–water partition coefficient (Wildman–Crippen LogP) is 1.00. The molecule has 2 heterocycles. The number of hydrogen-bond donors (Lipinski definition) is 3. The number of fused-ring (bicyclic) bond motifs is 1. The highest BCUT2D eigenvalue weighted by Crippen LogP contribution is 2.32. The molecule has 0 aromatic heterocycles. The van der Waals surface area contributed by atoms with Crippen LogP contribution >= 0.6 is 0 Å². The number of hydrogen-bond acceptors (Lipinski definition) is 4. The van der Waals surface area contributed by atoms with E-state index in [4.69, 9.17) is 5.73 Å². The Morgan fingerprint density at radius 3 is 2.59 bits per heavy atom. The van der Waals surface area contributed by atoms with Gasteiger partial charge in [-0.05, 0) is 24.5 Å². The number of carbonyl (C=O) groups excluding carboxylic acids is 4. The quantitative estimate of drug-likeness (QED) is 0.438. The smallest absolute Gasteiger partial charge is 0.383 e. The van der Waals surface area contributed by atoms with Gasteiger partial charge in [-0.2, -0.15) is 18.2 Å². The van der Waals surface area contributed by atoms with Crippen LogP contribution in [-0.4, -0.2) is 59.2 Å². The van der Waals surface area contributed by atoms with Crippen molar-refractivity contribution >= 4 is 29.5 Å². The molecule has 1 saturated carbocycles. The molecular weight excluding hydrogens is 455 g/mol. The number of amidine groups is 1. The van der Waals surface area contributed by atoms with Crippen LogP contribution in [0, 0.1) is 5.92 Å². The fourth-order valence-electron chi connectivity index (χ4n) is 4.73.